The molecule has 0 amide bonds. The van der Waals surface area contributed by atoms with Gasteiger partial charge in [0.2, 0.25) is 0 Å². The van der Waals surface area contributed by atoms with E-state index in [0.29, 0.717) is 21.7 Å². The molecule has 1 atom stereocenters. The number of fused-ring (bicyclic) bond motifs is 1. The minimum absolute atomic E-state index is 0.101. The molecule has 0 aliphatic carbocycles. The average Bonchev–Trinajstić information content (AvgIpc) is 2.51. The van der Waals surface area contributed by atoms with E-state index in [1.165, 1.54) is 4.57 Å². The van der Waals surface area contributed by atoms with Crippen LogP contribution in [0.5, 0.6) is 0 Å². The maximum absolute atomic E-state index is 12.8. The van der Waals surface area contributed by atoms with E-state index in [1.807, 2.05) is 44.2 Å². The average molecular weight is 328 g/mol. The number of rotatable bonds is 2. The van der Waals surface area contributed by atoms with Crippen molar-refractivity contribution in [3.05, 3.63) is 62.9 Å². The molecule has 0 unspecified atom stereocenters. The highest BCUT2D eigenvalue weighted by Gasteiger charge is 2.16. The smallest absolute Gasteiger partial charge is 0.261 e. The number of nitrogens with zero attached hydrogens (tertiary/aromatic N) is 2. The van der Waals surface area contributed by atoms with E-state index in [9.17, 15) is 4.79 Å². The third-order valence-corrected chi connectivity index (χ3v) is 4.29. The molecule has 3 rings (SSSR count). The molecule has 1 aromatic heterocycles. The van der Waals surface area contributed by atoms with Gasteiger partial charge in [-0.05, 0) is 43.2 Å². The predicted octanol–water partition coefficient (Wildman–Crippen LogP) is 3.58. The van der Waals surface area contributed by atoms with Gasteiger partial charge < -0.3 is 5.73 Å². The molecule has 23 heavy (non-hydrogen) atoms. The summed E-state index contributed by atoms with van der Waals surface area (Å²) in [5.41, 5.74) is 9.21. The van der Waals surface area contributed by atoms with E-state index in [0.717, 1.165) is 16.7 Å². The molecule has 2 N–H and O–H groups in total. The van der Waals surface area contributed by atoms with Gasteiger partial charge >= 0.3 is 0 Å². The standard InChI is InChI=1S/C18H18ClN3O/c1-10-8-13(11(2)20)16-14(9-10)18(23)22(3)17(21-16)12-6-4-5-7-15(12)19/h4-9,11H,20H2,1-3H3/t11-/m1/s1. The highest BCUT2D eigenvalue weighted by Crippen LogP contribution is 2.28. The highest BCUT2D eigenvalue weighted by atomic mass is 35.5. The predicted molar refractivity (Wildman–Crippen MR) is 94.8 cm³/mol. The van der Waals surface area contributed by atoms with Crippen LogP contribution in [0.1, 0.15) is 24.1 Å². The third kappa shape index (κ3) is 2.64. The molecule has 0 aliphatic rings. The van der Waals surface area contributed by atoms with Crippen molar-refractivity contribution in [2.24, 2.45) is 12.8 Å². The largest absolute Gasteiger partial charge is 0.324 e. The topological polar surface area (TPSA) is 60.9 Å². The molecule has 118 valence electrons. The Labute approximate surface area is 139 Å². The molecule has 4 nitrogen and oxygen atoms in total. The Kier molecular flexibility index (Phi) is 3.96. The van der Waals surface area contributed by atoms with Crippen LogP contribution in [0, 0.1) is 6.92 Å². The van der Waals surface area contributed by atoms with Crippen LogP contribution in [0.15, 0.2) is 41.2 Å². The van der Waals surface area contributed by atoms with Gasteiger partial charge in [0.25, 0.3) is 5.56 Å². The van der Waals surface area contributed by atoms with Crippen LogP contribution in [0.3, 0.4) is 0 Å². The van der Waals surface area contributed by atoms with Crippen LogP contribution in [0.4, 0.5) is 0 Å². The Morgan fingerprint density at radius 1 is 1.26 bits per heavy atom. The first-order valence-corrected chi connectivity index (χ1v) is 7.79. The molecule has 0 radical (unpaired) electrons. The monoisotopic (exact) mass is 327 g/mol. The van der Waals surface area contributed by atoms with Crippen LogP contribution < -0.4 is 11.3 Å². The quantitative estimate of drug-likeness (QED) is 0.782. The highest BCUT2D eigenvalue weighted by molar-refractivity contribution is 6.33. The summed E-state index contributed by atoms with van der Waals surface area (Å²) in [4.78, 5) is 17.5. The number of halogens is 1. The van der Waals surface area contributed by atoms with Gasteiger partial charge in [-0.3, -0.25) is 9.36 Å². The molecule has 0 saturated carbocycles. The molecule has 0 fully saturated rings. The zero-order chi connectivity index (χ0) is 16.7. The minimum Gasteiger partial charge on any atom is -0.324 e. The number of aromatic nitrogens is 2. The summed E-state index contributed by atoms with van der Waals surface area (Å²) in [6.45, 7) is 3.84. The van der Waals surface area contributed by atoms with Gasteiger partial charge in [0.15, 0.2) is 0 Å². The van der Waals surface area contributed by atoms with Crippen molar-refractivity contribution in [2.75, 3.05) is 0 Å². The van der Waals surface area contributed by atoms with Gasteiger partial charge in [0.1, 0.15) is 5.82 Å². The lowest BCUT2D eigenvalue weighted by Crippen LogP contribution is -2.22. The lowest BCUT2D eigenvalue weighted by Gasteiger charge is -2.15. The van der Waals surface area contributed by atoms with Crippen LogP contribution >= 0.6 is 11.6 Å². The summed E-state index contributed by atoms with van der Waals surface area (Å²) in [6.07, 6.45) is 0. The maximum atomic E-state index is 12.8. The Bertz CT molecular complexity index is 960. The second kappa shape index (κ2) is 5.80. The second-order valence-corrected chi connectivity index (χ2v) is 6.23. The van der Waals surface area contributed by atoms with Crippen molar-refractivity contribution >= 4 is 22.5 Å². The normalized spacial score (nSPS) is 12.6. The van der Waals surface area contributed by atoms with E-state index < -0.39 is 0 Å². The van der Waals surface area contributed by atoms with Gasteiger partial charge in [0, 0.05) is 18.7 Å². The van der Waals surface area contributed by atoms with Crippen LogP contribution in [-0.4, -0.2) is 9.55 Å². The van der Waals surface area contributed by atoms with Crippen molar-refractivity contribution in [1.29, 1.82) is 0 Å². The van der Waals surface area contributed by atoms with E-state index in [4.69, 9.17) is 22.3 Å². The Balaban J connectivity index is 2.45. The van der Waals surface area contributed by atoms with Crippen LogP contribution in [-0.2, 0) is 7.05 Å². The Morgan fingerprint density at radius 2 is 1.96 bits per heavy atom. The van der Waals surface area contributed by atoms with Gasteiger partial charge in [-0.25, -0.2) is 4.98 Å². The van der Waals surface area contributed by atoms with Gasteiger partial charge in [-0.1, -0.05) is 29.8 Å². The number of aryl methyl sites for hydroxylation is 1. The zero-order valence-electron chi connectivity index (χ0n) is 13.3. The van der Waals surface area contributed by atoms with E-state index >= 15 is 0 Å². The van der Waals surface area contributed by atoms with Crippen LogP contribution in [0.2, 0.25) is 5.02 Å². The summed E-state index contributed by atoms with van der Waals surface area (Å²) >= 11 is 6.28. The first-order chi connectivity index (χ1) is 10.9. The van der Waals surface area contributed by atoms with Crippen molar-refractivity contribution in [3.8, 4) is 11.4 Å². The van der Waals surface area contributed by atoms with Crippen molar-refractivity contribution < 1.29 is 0 Å². The number of hydrogen-bond donors (Lipinski definition) is 1. The molecule has 2 aromatic carbocycles. The van der Waals surface area contributed by atoms with Gasteiger partial charge in [0.05, 0.1) is 15.9 Å². The summed E-state index contributed by atoms with van der Waals surface area (Å²) < 4.78 is 1.54. The fourth-order valence-electron chi connectivity index (χ4n) is 2.78. The fourth-order valence-corrected chi connectivity index (χ4v) is 3.00. The van der Waals surface area contributed by atoms with E-state index in [-0.39, 0.29) is 11.6 Å². The van der Waals surface area contributed by atoms with Crippen molar-refractivity contribution in [3.63, 3.8) is 0 Å². The minimum atomic E-state index is -0.212. The molecule has 1 heterocycles. The van der Waals surface area contributed by atoms with Crippen LogP contribution in [0.25, 0.3) is 22.3 Å². The third-order valence-electron chi connectivity index (χ3n) is 3.96. The number of hydrogen-bond acceptors (Lipinski definition) is 3. The molecule has 0 bridgehead atoms. The van der Waals surface area contributed by atoms with E-state index in [2.05, 4.69) is 0 Å². The first kappa shape index (κ1) is 15.7. The van der Waals surface area contributed by atoms with Gasteiger partial charge in [-0.2, -0.15) is 0 Å². The molecule has 5 heteroatoms. The molecular weight excluding hydrogens is 310 g/mol. The van der Waals surface area contributed by atoms with Crippen molar-refractivity contribution in [2.45, 2.75) is 19.9 Å². The lowest BCUT2D eigenvalue weighted by molar-refractivity contribution is 0.814. The molecule has 3 aromatic rings. The lowest BCUT2D eigenvalue weighted by atomic mass is 10.0. The Morgan fingerprint density at radius 3 is 2.61 bits per heavy atom. The van der Waals surface area contributed by atoms with Crippen molar-refractivity contribution in [1.82, 2.24) is 9.55 Å². The summed E-state index contributed by atoms with van der Waals surface area (Å²) in [7, 11) is 1.71. The molecule has 0 saturated heterocycles. The molecule has 0 aliphatic heterocycles. The molecule has 0 spiro atoms. The summed E-state index contributed by atoms with van der Waals surface area (Å²) in [5, 5.41) is 1.14. The van der Waals surface area contributed by atoms with E-state index in [1.54, 1.807) is 13.1 Å². The number of benzene rings is 2. The first-order valence-electron chi connectivity index (χ1n) is 7.42. The molecular formula is C18H18ClN3O. The Hall–Kier alpha value is -2.17. The SMILES string of the molecule is Cc1cc([C@@H](C)N)c2nc(-c3ccccc3Cl)n(C)c(=O)c2c1. The summed E-state index contributed by atoms with van der Waals surface area (Å²) in [5.74, 6) is 0.541. The van der Waals surface area contributed by atoms with Gasteiger partial charge in [-0.15, -0.1) is 0 Å². The summed E-state index contributed by atoms with van der Waals surface area (Å²) in [6, 6.07) is 11.0. The zero-order valence-corrected chi connectivity index (χ0v) is 14.1. The second-order valence-electron chi connectivity index (χ2n) is 5.82. The number of nitrogens with two attached hydrogens (primary N) is 1. The fraction of sp³-hybridized carbons (Fsp3) is 0.222. The maximum Gasteiger partial charge on any atom is 0.261 e.